The third-order valence-corrected chi connectivity index (χ3v) is 4.93. The van der Waals surface area contributed by atoms with Crippen molar-refractivity contribution in [2.45, 2.75) is 50.7 Å². The second-order valence-electron chi connectivity index (χ2n) is 6.52. The lowest BCUT2D eigenvalue weighted by Crippen LogP contribution is -2.56. The number of carbonyl (C=O) groups excluding carboxylic acids is 2. The second-order valence-corrected chi connectivity index (χ2v) is 6.52. The molecule has 2 saturated heterocycles. The maximum absolute atomic E-state index is 12.7. The summed E-state index contributed by atoms with van der Waals surface area (Å²) in [4.78, 5) is 27.1. The van der Waals surface area contributed by atoms with E-state index in [1.807, 2.05) is 30.3 Å². The van der Waals surface area contributed by atoms with Crippen molar-refractivity contribution in [1.29, 1.82) is 0 Å². The Hall–Kier alpha value is -1.88. The van der Waals surface area contributed by atoms with Crippen molar-refractivity contribution >= 4 is 11.8 Å². The van der Waals surface area contributed by atoms with E-state index in [2.05, 4.69) is 17.6 Å². The summed E-state index contributed by atoms with van der Waals surface area (Å²) < 4.78 is 0. The molecular weight excluding hydrogens is 290 g/mol. The number of benzene rings is 1. The summed E-state index contributed by atoms with van der Waals surface area (Å²) in [5.41, 5.74) is 0.653. The molecule has 2 N–H and O–H groups in total. The number of nitrogens with one attached hydrogen (secondary N) is 2. The molecule has 5 heteroatoms. The van der Waals surface area contributed by atoms with Crippen molar-refractivity contribution in [2.24, 2.45) is 0 Å². The highest BCUT2D eigenvalue weighted by atomic mass is 16.2. The van der Waals surface area contributed by atoms with Crippen LogP contribution in [0.25, 0.3) is 0 Å². The van der Waals surface area contributed by atoms with E-state index in [-0.39, 0.29) is 29.9 Å². The molecule has 5 nitrogen and oxygen atoms in total. The Labute approximate surface area is 137 Å². The Morgan fingerprint density at radius 2 is 1.96 bits per heavy atom. The summed E-state index contributed by atoms with van der Waals surface area (Å²) >= 11 is 0. The molecule has 124 valence electrons. The normalized spacial score (nSPS) is 27.7. The summed E-state index contributed by atoms with van der Waals surface area (Å²) in [6.45, 7) is 3.77. The molecule has 3 unspecified atom stereocenters. The fourth-order valence-electron chi connectivity index (χ4n) is 3.55. The first-order valence-corrected chi connectivity index (χ1v) is 8.56. The largest absolute Gasteiger partial charge is 0.350 e. The summed E-state index contributed by atoms with van der Waals surface area (Å²) in [6, 6.07) is 9.32. The number of hydrogen-bond acceptors (Lipinski definition) is 3. The fourth-order valence-corrected chi connectivity index (χ4v) is 3.55. The quantitative estimate of drug-likeness (QED) is 0.889. The molecule has 0 aliphatic carbocycles. The topological polar surface area (TPSA) is 61.4 Å². The highest BCUT2D eigenvalue weighted by Crippen LogP contribution is 2.21. The van der Waals surface area contributed by atoms with Crippen LogP contribution >= 0.6 is 0 Å². The Morgan fingerprint density at radius 3 is 2.70 bits per heavy atom. The van der Waals surface area contributed by atoms with Gasteiger partial charge in [-0.1, -0.05) is 18.2 Å². The number of amides is 2. The third-order valence-electron chi connectivity index (χ3n) is 4.93. The van der Waals surface area contributed by atoms with E-state index in [1.54, 1.807) is 4.90 Å². The Bertz CT molecular complexity index is 561. The lowest BCUT2D eigenvalue weighted by molar-refractivity contribution is -0.125. The molecule has 2 aliphatic heterocycles. The van der Waals surface area contributed by atoms with Gasteiger partial charge in [-0.05, 0) is 51.3 Å². The maximum atomic E-state index is 12.7. The van der Waals surface area contributed by atoms with Gasteiger partial charge in [0.2, 0.25) is 5.91 Å². The minimum atomic E-state index is -0.336. The average molecular weight is 315 g/mol. The average Bonchev–Trinajstić information content (AvgIpc) is 3.07. The monoisotopic (exact) mass is 315 g/mol. The first-order chi connectivity index (χ1) is 11.2. The molecule has 2 heterocycles. The van der Waals surface area contributed by atoms with Crippen molar-refractivity contribution in [3.8, 4) is 0 Å². The number of piperidine rings is 1. The zero-order valence-electron chi connectivity index (χ0n) is 13.6. The molecule has 0 radical (unpaired) electrons. The summed E-state index contributed by atoms with van der Waals surface area (Å²) in [7, 11) is 0. The number of nitrogens with zero attached hydrogens (tertiary/aromatic N) is 1. The van der Waals surface area contributed by atoms with Gasteiger partial charge in [0.05, 0.1) is 0 Å². The van der Waals surface area contributed by atoms with Crippen molar-refractivity contribution in [2.75, 3.05) is 13.1 Å². The molecule has 3 atom stereocenters. The zero-order chi connectivity index (χ0) is 16.2. The van der Waals surface area contributed by atoms with Gasteiger partial charge in [-0.3, -0.25) is 9.59 Å². The van der Waals surface area contributed by atoms with Gasteiger partial charge in [0.25, 0.3) is 5.91 Å². The van der Waals surface area contributed by atoms with Gasteiger partial charge < -0.3 is 15.5 Å². The smallest absolute Gasteiger partial charge is 0.254 e. The molecule has 0 aromatic heterocycles. The highest BCUT2D eigenvalue weighted by molar-refractivity contribution is 5.98. The maximum Gasteiger partial charge on any atom is 0.254 e. The van der Waals surface area contributed by atoms with Crippen LogP contribution in [0.15, 0.2) is 30.3 Å². The first-order valence-electron chi connectivity index (χ1n) is 8.56. The van der Waals surface area contributed by atoms with Gasteiger partial charge in [0.1, 0.15) is 6.04 Å². The number of carbonyl (C=O) groups is 2. The standard InChI is InChI=1S/C18H25N3O2/c1-13-15(9-5-11-19-13)20-17(22)16-10-6-12-21(16)18(23)14-7-3-2-4-8-14/h2-4,7-8,13,15-16,19H,5-6,9-12H2,1H3,(H,20,22). The van der Waals surface area contributed by atoms with E-state index in [9.17, 15) is 9.59 Å². The van der Waals surface area contributed by atoms with Gasteiger partial charge in [-0.15, -0.1) is 0 Å². The van der Waals surface area contributed by atoms with Crippen LogP contribution in [0.3, 0.4) is 0 Å². The highest BCUT2D eigenvalue weighted by Gasteiger charge is 2.36. The van der Waals surface area contributed by atoms with E-state index in [4.69, 9.17) is 0 Å². The fraction of sp³-hybridized carbons (Fsp3) is 0.556. The SMILES string of the molecule is CC1NCCCC1NC(=O)C1CCCN1C(=O)c1ccccc1. The molecule has 0 bridgehead atoms. The Kier molecular flexibility index (Phi) is 4.96. The van der Waals surface area contributed by atoms with Gasteiger partial charge in [-0.25, -0.2) is 0 Å². The molecule has 2 fully saturated rings. The minimum absolute atomic E-state index is 0.00710. The molecule has 23 heavy (non-hydrogen) atoms. The zero-order valence-corrected chi connectivity index (χ0v) is 13.6. The van der Waals surface area contributed by atoms with Crippen LogP contribution in [-0.2, 0) is 4.79 Å². The van der Waals surface area contributed by atoms with Crippen molar-refractivity contribution in [3.05, 3.63) is 35.9 Å². The van der Waals surface area contributed by atoms with E-state index in [1.165, 1.54) is 0 Å². The number of hydrogen-bond donors (Lipinski definition) is 2. The Balaban J connectivity index is 1.66. The molecule has 1 aromatic rings. The number of rotatable bonds is 3. The summed E-state index contributed by atoms with van der Waals surface area (Å²) in [5, 5.41) is 6.54. The van der Waals surface area contributed by atoms with Crippen LogP contribution in [-0.4, -0.2) is 47.9 Å². The molecule has 1 aromatic carbocycles. The predicted octanol–water partition coefficient (Wildman–Crippen LogP) is 1.55. The minimum Gasteiger partial charge on any atom is -0.350 e. The van der Waals surface area contributed by atoms with E-state index >= 15 is 0 Å². The van der Waals surface area contributed by atoms with Crippen LogP contribution < -0.4 is 10.6 Å². The van der Waals surface area contributed by atoms with Gasteiger partial charge in [0.15, 0.2) is 0 Å². The van der Waals surface area contributed by atoms with Crippen LogP contribution in [0.2, 0.25) is 0 Å². The molecule has 3 rings (SSSR count). The third kappa shape index (κ3) is 3.55. The van der Waals surface area contributed by atoms with Crippen LogP contribution in [0.4, 0.5) is 0 Å². The molecule has 2 aliphatic rings. The van der Waals surface area contributed by atoms with Crippen LogP contribution in [0.1, 0.15) is 43.0 Å². The Morgan fingerprint density at radius 1 is 1.17 bits per heavy atom. The molecular formula is C18H25N3O2. The van der Waals surface area contributed by atoms with Crippen LogP contribution in [0.5, 0.6) is 0 Å². The number of likely N-dealkylation sites (tertiary alicyclic amines) is 1. The van der Waals surface area contributed by atoms with E-state index < -0.39 is 0 Å². The first kappa shape index (κ1) is 16.0. The van der Waals surface area contributed by atoms with Crippen LogP contribution in [0, 0.1) is 0 Å². The lowest BCUT2D eigenvalue weighted by atomic mass is 9.99. The van der Waals surface area contributed by atoms with Crippen molar-refractivity contribution in [3.63, 3.8) is 0 Å². The van der Waals surface area contributed by atoms with Crippen molar-refractivity contribution in [1.82, 2.24) is 15.5 Å². The van der Waals surface area contributed by atoms with Crippen molar-refractivity contribution < 1.29 is 9.59 Å². The van der Waals surface area contributed by atoms with Gasteiger partial charge in [0, 0.05) is 24.2 Å². The lowest BCUT2D eigenvalue weighted by Gasteiger charge is -2.33. The van der Waals surface area contributed by atoms with E-state index in [0.29, 0.717) is 12.1 Å². The van der Waals surface area contributed by atoms with Gasteiger partial charge >= 0.3 is 0 Å². The summed E-state index contributed by atoms with van der Waals surface area (Å²) in [5.74, 6) is -0.0506. The molecule has 0 spiro atoms. The molecule has 2 amide bonds. The summed E-state index contributed by atoms with van der Waals surface area (Å²) in [6.07, 6.45) is 3.71. The van der Waals surface area contributed by atoms with Gasteiger partial charge in [-0.2, -0.15) is 0 Å². The second kappa shape index (κ2) is 7.13. The van der Waals surface area contributed by atoms with E-state index in [0.717, 1.165) is 32.2 Å². The predicted molar refractivity (Wildman–Crippen MR) is 89.1 cm³/mol. The molecule has 0 saturated carbocycles.